The predicted octanol–water partition coefficient (Wildman–Crippen LogP) is 1.70. The number of rotatable bonds is 7. The molecule has 0 bridgehead atoms. The Balaban J connectivity index is 1.94. The Kier molecular flexibility index (Phi) is 6.41. The van der Waals surface area contributed by atoms with Crippen LogP contribution in [0.4, 0.5) is 5.69 Å². The van der Waals surface area contributed by atoms with Gasteiger partial charge in [0.1, 0.15) is 0 Å². The highest BCUT2D eigenvalue weighted by Crippen LogP contribution is 2.22. The second kappa shape index (κ2) is 8.33. The van der Waals surface area contributed by atoms with Crippen molar-refractivity contribution in [2.75, 3.05) is 24.1 Å². The largest absolute Gasteiger partial charge is 0.481 e. The molecule has 1 heterocycles. The highest BCUT2D eigenvalue weighted by Gasteiger charge is 2.24. The fourth-order valence-electron chi connectivity index (χ4n) is 3.10. The summed E-state index contributed by atoms with van der Waals surface area (Å²) in [7, 11) is -3.36. The van der Waals surface area contributed by atoms with E-state index in [1.165, 1.54) is 0 Å². The number of likely N-dealkylation sites (tertiary alicyclic amines) is 1. The molecule has 0 radical (unpaired) electrons. The molecule has 1 saturated heterocycles. The molecule has 25 heavy (non-hydrogen) atoms. The zero-order valence-corrected chi connectivity index (χ0v) is 15.1. The maximum Gasteiger partial charge on any atom is 0.303 e. The zero-order valence-electron chi connectivity index (χ0n) is 14.3. The van der Waals surface area contributed by atoms with Crippen LogP contribution in [-0.2, 0) is 26.0 Å². The third kappa shape index (κ3) is 6.74. The lowest BCUT2D eigenvalue weighted by atomic mass is 9.93. The molecule has 1 aromatic rings. The van der Waals surface area contributed by atoms with Gasteiger partial charge in [-0.15, -0.1) is 0 Å². The van der Waals surface area contributed by atoms with Crippen molar-refractivity contribution < 1.29 is 23.1 Å². The van der Waals surface area contributed by atoms with E-state index >= 15 is 0 Å². The monoisotopic (exact) mass is 368 g/mol. The summed E-state index contributed by atoms with van der Waals surface area (Å²) in [5.74, 6) is -0.595. The number of hydrogen-bond acceptors (Lipinski definition) is 4. The minimum absolute atomic E-state index is 0.0171. The number of carbonyl (C=O) groups is 2. The van der Waals surface area contributed by atoms with Gasteiger partial charge in [-0.1, -0.05) is 12.1 Å². The van der Waals surface area contributed by atoms with Crippen LogP contribution in [0.3, 0.4) is 0 Å². The molecule has 138 valence electrons. The lowest BCUT2D eigenvalue weighted by molar-refractivity contribution is -0.137. The summed E-state index contributed by atoms with van der Waals surface area (Å²) in [4.78, 5) is 25.0. The van der Waals surface area contributed by atoms with E-state index in [1.54, 1.807) is 29.2 Å². The Labute approximate surface area is 148 Å². The van der Waals surface area contributed by atoms with Crippen molar-refractivity contribution >= 4 is 27.6 Å². The van der Waals surface area contributed by atoms with Gasteiger partial charge in [-0.3, -0.25) is 14.3 Å². The van der Waals surface area contributed by atoms with Crippen LogP contribution in [0, 0.1) is 5.92 Å². The number of nitrogens with one attached hydrogen (secondary N) is 1. The number of carboxylic acid groups (broad SMARTS) is 1. The van der Waals surface area contributed by atoms with Crippen molar-refractivity contribution in [1.82, 2.24) is 4.90 Å². The Bertz CT molecular complexity index is 732. The van der Waals surface area contributed by atoms with E-state index in [2.05, 4.69) is 4.72 Å². The normalized spacial score (nSPS) is 18.0. The van der Waals surface area contributed by atoms with Gasteiger partial charge in [0.15, 0.2) is 0 Å². The molecule has 1 unspecified atom stereocenters. The summed E-state index contributed by atoms with van der Waals surface area (Å²) in [5.41, 5.74) is 1.18. The molecule has 0 spiro atoms. The summed E-state index contributed by atoms with van der Waals surface area (Å²) in [6, 6.07) is 6.79. The molecule has 0 aromatic heterocycles. The van der Waals surface area contributed by atoms with Crippen LogP contribution in [0.5, 0.6) is 0 Å². The van der Waals surface area contributed by atoms with Gasteiger partial charge < -0.3 is 10.0 Å². The standard InChI is InChI=1S/C17H24N2O5S/c1-25(23,24)18-15-6-2-4-14(10-15)11-16(20)19-9-3-5-13(12-19)7-8-17(21)22/h2,4,6,10,13,18H,3,5,7-9,11-12H2,1H3,(H,21,22). The van der Waals surface area contributed by atoms with Crippen molar-refractivity contribution in [1.29, 1.82) is 0 Å². The molecule has 2 rings (SSSR count). The summed E-state index contributed by atoms with van der Waals surface area (Å²) in [6.07, 6.45) is 3.83. The second-order valence-electron chi connectivity index (χ2n) is 6.53. The number of sulfonamides is 1. The Morgan fingerprint density at radius 1 is 1.36 bits per heavy atom. The zero-order chi connectivity index (χ0) is 18.4. The smallest absolute Gasteiger partial charge is 0.303 e. The molecule has 1 amide bonds. The molecular weight excluding hydrogens is 344 g/mol. The molecule has 1 aromatic carbocycles. The van der Waals surface area contributed by atoms with E-state index in [1.807, 2.05) is 0 Å². The number of carbonyl (C=O) groups excluding carboxylic acids is 1. The van der Waals surface area contributed by atoms with E-state index in [-0.39, 0.29) is 24.7 Å². The predicted molar refractivity (Wildman–Crippen MR) is 94.8 cm³/mol. The summed E-state index contributed by atoms with van der Waals surface area (Å²) < 4.78 is 25.0. The number of benzene rings is 1. The van der Waals surface area contributed by atoms with Crippen LogP contribution >= 0.6 is 0 Å². The van der Waals surface area contributed by atoms with Crippen molar-refractivity contribution in [2.45, 2.75) is 32.1 Å². The molecule has 1 fully saturated rings. The molecule has 1 atom stereocenters. The Hall–Kier alpha value is -2.09. The first-order valence-electron chi connectivity index (χ1n) is 8.29. The SMILES string of the molecule is CS(=O)(=O)Nc1cccc(CC(=O)N2CCCC(CCC(=O)O)C2)c1. The lowest BCUT2D eigenvalue weighted by Crippen LogP contribution is -2.40. The third-order valence-electron chi connectivity index (χ3n) is 4.22. The number of anilines is 1. The average Bonchev–Trinajstić information content (AvgIpc) is 2.52. The van der Waals surface area contributed by atoms with Crippen LogP contribution in [-0.4, -0.2) is 49.6 Å². The van der Waals surface area contributed by atoms with Crippen LogP contribution in [0.25, 0.3) is 0 Å². The van der Waals surface area contributed by atoms with Crippen molar-refractivity contribution in [3.05, 3.63) is 29.8 Å². The van der Waals surface area contributed by atoms with Gasteiger partial charge >= 0.3 is 5.97 Å². The maximum atomic E-state index is 12.5. The fraction of sp³-hybridized carbons (Fsp3) is 0.529. The molecular formula is C17H24N2O5S. The molecule has 0 aliphatic carbocycles. The number of hydrogen-bond donors (Lipinski definition) is 2. The number of carboxylic acids is 1. The highest BCUT2D eigenvalue weighted by atomic mass is 32.2. The van der Waals surface area contributed by atoms with Crippen LogP contribution in [0.15, 0.2) is 24.3 Å². The first-order chi connectivity index (χ1) is 11.7. The summed E-state index contributed by atoms with van der Waals surface area (Å²) >= 11 is 0. The lowest BCUT2D eigenvalue weighted by Gasteiger charge is -2.32. The van der Waals surface area contributed by atoms with Gasteiger partial charge in [0.2, 0.25) is 15.9 Å². The topological polar surface area (TPSA) is 104 Å². The van der Waals surface area contributed by atoms with E-state index in [0.717, 1.165) is 24.7 Å². The molecule has 1 aliphatic heterocycles. The first-order valence-corrected chi connectivity index (χ1v) is 10.2. The van der Waals surface area contributed by atoms with Crippen LogP contribution in [0.2, 0.25) is 0 Å². The minimum atomic E-state index is -3.36. The highest BCUT2D eigenvalue weighted by molar-refractivity contribution is 7.92. The van der Waals surface area contributed by atoms with Gasteiger partial charge in [-0.25, -0.2) is 8.42 Å². The number of nitrogens with zero attached hydrogens (tertiary/aromatic N) is 1. The summed E-state index contributed by atoms with van der Waals surface area (Å²) in [6.45, 7) is 1.27. The molecule has 8 heteroatoms. The average molecular weight is 368 g/mol. The van der Waals surface area contributed by atoms with Gasteiger partial charge in [-0.05, 0) is 42.9 Å². The second-order valence-corrected chi connectivity index (χ2v) is 8.28. The van der Waals surface area contributed by atoms with Gasteiger partial charge in [0.05, 0.1) is 12.7 Å². The van der Waals surface area contributed by atoms with Crippen molar-refractivity contribution in [2.24, 2.45) is 5.92 Å². The molecule has 2 N–H and O–H groups in total. The van der Waals surface area contributed by atoms with Gasteiger partial charge in [-0.2, -0.15) is 0 Å². The number of piperidine rings is 1. The van der Waals surface area contributed by atoms with E-state index < -0.39 is 16.0 Å². The number of amides is 1. The molecule has 7 nitrogen and oxygen atoms in total. The van der Waals surface area contributed by atoms with Gasteiger partial charge in [0.25, 0.3) is 0 Å². The Morgan fingerprint density at radius 2 is 2.12 bits per heavy atom. The van der Waals surface area contributed by atoms with Gasteiger partial charge in [0, 0.05) is 25.2 Å². The quantitative estimate of drug-likeness (QED) is 0.762. The minimum Gasteiger partial charge on any atom is -0.481 e. The first kappa shape index (κ1) is 19.2. The third-order valence-corrected chi connectivity index (χ3v) is 4.83. The summed E-state index contributed by atoms with van der Waals surface area (Å²) in [5, 5.41) is 8.79. The van der Waals surface area contributed by atoms with E-state index in [9.17, 15) is 18.0 Å². The molecule has 0 saturated carbocycles. The Morgan fingerprint density at radius 3 is 2.80 bits per heavy atom. The van der Waals surface area contributed by atoms with Crippen LogP contribution in [0.1, 0.15) is 31.2 Å². The maximum absolute atomic E-state index is 12.5. The van der Waals surface area contributed by atoms with Crippen LogP contribution < -0.4 is 4.72 Å². The van der Waals surface area contributed by atoms with E-state index in [0.29, 0.717) is 25.2 Å². The van der Waals surface area contributed by atoms with E-state index in [4.69, 9.17) is 5.11 Å². The molecule has 1 aliphatic rings. The van der Waals surface area contributed by atoms with Crippen molar-refractivity contribution in [3.63, 3.8) is 0 Å². The van der Waals surface area contributed by atoms with Crippen molar-refractivity contribution in [3.8, 4) is 0 Å². The number of aliphatic carboxylic acids is 1. The fourth-order valence-corrected chi connectivity index (χ4v) is 3.66.